The zero-order chi connectivity index (χ0) is 15.4. The Balaban J connectivity index is 1.94. The van der Waals surface area contributed by atoms with Crippen molar-refractivity contribution in [2.75, 3.05) is 11.9 Å². The van der Waals surface area contributed by atoms with Crippen LogP contribution in [0.2, 0.25) is 0 Å². The largest absolute Gasteiger partial charge is 0.451 e. The van der Waals surface area contributed by atoms with Gasteiger partial charge in [-0.15, -0.1) is 0 Å². The summed E-state index contributed by atoms with van der Waals surface area (Å²) in [6, 6.07) is 3.21. The first-order valence-corrected chi connectivity index (χ1v) is 6.56. The molecule has 1 aromatic carbocycles. The van der Waals surface area contributed by atoms with E-state index in [1.54, 1.807) is 0 Å². The van der Waals surface area contributed by atoms with Gasteiger partial charge in [-0.3, -0.25) is 4.79 Å². The highest BCUT2D eigenvalue weighted by molar-refractivity contribution is 5.95. The van der Waals surface area contributed by atoms with E-state index < -0.39 is 41.4 Å². The first-order valence-electron chi connectivity index (χ1n) is 6.56. The van der Waals surface area contributed by atoms with Crippen LogP contribution < -0.4 is 5.32 Å². The Morgan fingerprint density at radius 3 is 2.62 bits per heavy atom. The maximum absolute atomic E-state index is 13.4. The maximum atomic E-state index is 13.4. The Morgan fingerprint density at radius 1 is 1.38 bits per heavy atom. The van der Waals surface area contributed by atoms with Gasteiger partial charge in [0.15, 0.2) is 12.2 Å². The zero-order valence-corrected chi connectivity index (χ0v) is 11.4. The molecule has 0 bridgehead atoms. The van der Waals surface area contributed by atoms with Gasteiger partial charge in [0.05, 0.1) is 0 Å². The molecule has 0 aromatic heterocycles. The normalized spacial score (nSPS) is 19.1. The fourth-order valence-corrected chi connectivity index (χ4v) is 1.91. The molecule has 1 aliphatic heterocycles. The summed E-state index contributed by atoms with van der Waals surface area (Å²) < 4.78 is 36.9. The van der Waals surface area contributed by atoms with Crippen LogP contribution in [0.5, 0.6) is 0 Å². The van der Waals surface area contributed by atoms with Crippen molar-refractivity contribution in [1.29, 1.82) is 0 Å². The minimum absolute atomic E-state index is 0.473. The number of rotatable bonds is 4. The van der Waals surface area contributed by atoms with Crippen LogP contribution in [0, 0.1) is 11.6 Å². The Kier molecular flexibility index (Phi) is 4.85. The van der Waals surface area contributed by atoms with Crippen molar-refractivity contribution >= 4 is 17.6 Å². The van der Waals surface area contributed by atoms with Gasteiger partial charge in [-0.1, -0.05) is 6.07 Å². The number of hydrogen-bond donors (Lipinski definition) is 1. The third kappa shape index (κ3) is 3.75. The molecule has 0 aliphatic carbocycles. The summed E-state index contributed by atoms with van der Waals surface area (Å²) in [6.45, 7) is 1.79. The van der Waals surface area contributed by atoms with E-state index >= 15 is 0 Å². The van der Waals surface area contributed by atoms with E-state index in [4.69, 9.17) is 9.47 Å². The number of amides is 1. The van der Waals surface area contributed by atoms with Crippen molar-refractivity contribution in [3.05, 3.63) is 29.8 Å². The lowest BCUT2D eigenvalue weighted by atomic mass is 10.2. The van der Waals surface area contributed by atoms with Gasteiger partial charge < -0.3 is 14.8 Å². The van der Waals surface area contributed by atoms with Crippen LogP contribution in [0.1, 0.15) is 19.8 Å². The molecule has 2 atom stereocenters. The molecule has 1 amide bonds. The van der Waals surface area contributed by atoms with E-state index in [1.165, 1.54) is 13.0 Å². The average Bonchev–Trinajstić information content (AvgIpc) is 2.97. The summed E-state index contributed by atoms with van der Waals surface area (Å²) >= 11 is 0. The minimum Gasteiger partial charge on any atom is -0.451 e. The van der Waals surface area contributed by atoms with E-state index in [9.17, 15) is 18.4 Å². The SMILES string of the molecule is C[C@H](OC(=O)[C@H]1CCCO1)C(=O)Nc1c(F)cccc1F. The number of esters is 1. The van der Waals surface area contributed by atoms with Crippen LogP contribution in [-0.2, 0) is 19.1 Å². The quantitative estimate of drug-likeness (QED) is 0.864. The second-order valence-corrected chi connectivity index (χ2v) is 4.67. The van der Waals surface area contributed by atoms with Crippen LogP contribution in [0.25, 0.3) is 0 Å². The maximum Gasteiger partial charge on any atom is 0.336 e. The topological polar surface area (TPSA) is 64.6 Å². The number of nitrogens with one attached hydrogen (secondary N) is 1. The number of carbonyl (C=O) groups excluding carboxylic acids is 2. The third-order valence-electron chi connectivity index (χ3n) is 3.07. The van der Waals surface area contributed by atoms with E-state index in [-0.39, 0.29) is 0 Å². The summed E-state index contributed by atoms with van der Waals surface area (Å²) in [4.78, 5) is 23.5. The molecule has 0 saturated carbocycles. The summed E-state index contributed by atoms with van der Waals surface area (Å²) in [6.07, 6.45) is -0.568. The van der Waals surface area contributed by atoms with Crippen LogP contribution >= 0.6 is 0 Å². The number of carbonyl (C=O) groups is 2. The van der Waals surface area contributed by atoms with E-state index in [1.807, 2.05) is 0 Å². The first kappa shape index (κ1) is 15.4. The molecule has 0 radical (unpaired) electrons. The van der Waals surface area contributed by atoms with Gasteiger partial charge in [-0.2, -0.15) is 0 Å². The van der Waals surface area contributed by atoms with Gasteiger partial charge in [0.1, 0.15) is 17.3 Å². The fraction of sp³-hybridized carbons (Fsp3) is 0.429. The molecule has 1 aliphatic rings. The fourth-order valence-electron chi connectivity index (χ4n) is 1.91. The summed E-state index contributed by atoms with van der Waals surface area (Å²) in [5, 5.41) is 2.07. The lowest BCUT2D eigenvalue weighted by Gasteiger charge is -2.16. The second kappa shape index (κ2) is 6.62. The highest BCUT2D eigenvalue weighted by Crippen LogP contribution is 2.19. The molecular weight excluding hydrogens is 284 g/mol. The van der Waals surface area contributed by atoms with E-state index in [0.717, 1.165) is 18.6 Å². The van der Waals surface area contributed by atoms with Crippen molar-refractivity contribution in [2.24, 2.45) is 0 Å². The molecule has 0 unspecified atom stereocenters. The summed E-state index contributed by atoms with van der Waals surface area (Å²) in [5.41, 5.74) is -0.567. The number of anilines is 1. The van der Waals surface area contributed by atoms with E-state index in [0.29, 0.717) is 13.0 Å². The van der Waals surface area contributed by atoms with Crippen molar-refractivity contribution in [1.82, 2.24) is 0 Å². The lowest BCUT2D eigenvalue weighted by Crippen LogP contribution is -2.34. The second-order valence-electron chi connectivity index (χ2n) is 4.67. The number of ether oxygens (including phenoxy) is 2. The number of para-hydroxylation sites is 1. The number of halogens is 2. The van der Waals surface area contributed by atoms with E-state index in [2.05, 4.69) is 5.32 Å². The van der Waals surface area contributed by atoms with Gasteiger partial charge in [-0.25, -0.2) is 13.6 Å². The Labute approximate surface area is 120 Å². The van der Waals surface area contributed by atoms with Gasteiger partial charge in [-0.05, 0) is 31.9 Å². The molecule has 0 spiro atoms. The first-order chi connectivity index (χ1) is 9.99. The lowest BCUT2D eigenvalue weighted by molar-refractivity contribution is -0.162. The van der Waals surface area contributed by atoms with Gasteiger partial charge >= 0.3 is 5.97 Å². The monoisotopic (exact) mass is 299 g/mol. The standard InChI is InChI=1S/C14H15F2NO4/c1-8(21-14(19)11-6-3-7-20-11)13(18)17-12-9(15)4-2-5-10(12)16/h2,4-5,8,11H,3,6-7H2,1H3,(H,17,18)/t8-,11+/m0/s1. The highest BCUT2D eigenvalue weighted by atomic mass is 19.1. The molecule has 1 saturated heterocycles. The van der Waals surface area contributed by atoms with Crippen LogP contribution in [0.3, 0.4) is 0 Å². The predicted octanol–water partition coefficient (Wildman–Crippen LogP) is 2.01. The molecule has 2 rings (SSSR count). The zero-order valence-electron chi connectivity index (χ0n) is 11.4. The number of hydrogen-bond acceptors (Lipinski definition) is 4. The third-order valence-corrected chi connectivity index (χ3v) is 3.07. The summed E-state index contributed by atoms with van der Waals surface area (Å²) in [5.74, 6) is -3.27. The van der Waals surface area contributed by atoms with Gasteiger partial charge in [0, 0.05) is 6.61 Å². The molecule has 1 heterocycles. The molecule has 1 fully saturated rings. The van der Waals surface area contributed by atoms with Crippen molar-refractivity contribution < 1.29 is 27.8 Å². The average molecular weight is 299 g/mol. The Bertz CT molecular complexity index is 524. The molecule has 1 aromatic rings. The van der Waals surface area contributed by atoms with Crippen LogP contribution in [-0.4, -0.2) is 30.7 Å². The van der Waals surface area contributed by atoms with Crippen molar-refractivity contribution in [2.45, 2.75) is 32.0 Å². The molecule has 1 N–H and O–H groups in total. The van der Waals surface area contributed by atoms with Gasteiger partial charge in [0.2, 0.25) is 0 Å². The van der Waals surface area contributed by atoms with Crippen LogP contribution in [0.15, 0.2) is 18.2 Å². The molecule has 114 valence electrons. The smallest absolute Gasteiger partial charge is 0.336 e. The molecule has 21 heavy (non-hydrogen) atoms. The predicted molar refractivity (Wildman–Crippen MR) is 69.5 cm³/mol. The Hall–Kier alpha value is -2.02. The number of benzene rings is 1. The highest BCUT2D eigenvalue weighted by Gasteiger charge is 2.28. The summed E-state index contributed by atoms with van der Waals surface area (Å²) in [7, 11) is 0. The molecule has 5 nitrogen and oxygen atoms in total. The Morgan fingerprint density at radius 2 is 2.05 bits per heavy atom. The van der Waals surface area contributed by atoms with Gasteiger partial charge in [0.25, 0.3) is 5.91 Å². The minimum atomic E-state index is -1.18. The van der Waals surface area contributed by atoms with Crippen LogP contribution in [0.4, 0.5) is 14.5 Å². The van der Waals surface area contributed by atoms with Crippen molar-refractivity contribution in [3.8, 4) is 0 Å². The molecule has 7 heteroatoms. The molecular formula is C14H15F2NO4. The van der Waals surface area contributed by atoms with Crippen molar-refractivity contribution in [3.63, 3.8) is 0 Å².